The molecule has 0 aromatic heterocycles. The first-order valence-electron chi connectivity index (χ1n) is 3.53. The SMILES string of the molecule is CC/C=C(Cl)/C(Br)=N\C=C(/C)O. The van der Waals surface area contributed by atoms with Crippen molar-refractivity contribution in [1.29, 1.82) is 0 Å². The summed E-state index contributed by atoms with van der Waals surface area (Å²) in [7, 11) is 0. The van der Waals surface area contributed by atoms with E-state index in [2.05, 4.69) is 20.9 Å². The summed E-state index contributed by atoms with van der Waals surface area (Å²) in [4.78, 5) is 3.86. The molecule has 0 amide bonds. The number of allylic oxidation sites excluding steroid dienone is 3. The van der Waals surface area contributed by atoms with Crippen LogP contribution in [0.4, 0.5) is 0 Å². The van der Waals surface area contributed by atoms with Crippen molar-refractivity contribution in [3.05, 3.63) is 23.1 Å². The van der Waals surface area contributed by atoms with Crippen LogP contribution in [0.25, 0.3) is 0 Å². The standard InChI is InChI=1S/C8H11BrClNO/c1-3-4-7(10)8(9)11-5-6(2)12/h4-5,12H,3H2,1-2H3/b6-5+,7-4-,11-8+. The summed E-state index contributed by atoms with van der Waals surface area (Å²) in [5.74, 6) is 0.146. The van der Waals surface area contributed by atoms with Gasteiger partial charge in [0.1, 0.15) is 10.4 Å². The number of aliphatic hydroxyl groups is 1. The van der Waals surface area contributed by atoms with Crippen molar-refractivity contribution in [3.8, 4) is 0 Å². The summed E-state index contributed by atoms with van der Waals surface area (Å²) in [6.45, 7) is 3.52. The average Bonchev–Trinajstić information content (AvgIpc) is 2.00. The van der Waals surface area contributed by atoms with E-state index in [0.717, 1.165) is 6.42 Å². The van der Waals surface area contributed by atoms with Crippen molar-refractivity contribution in [2.75, 3.05) is 0 Å². The van der Waals surface area contributed by atoms with Crippen LogP contribution >= 0.6 is 27.5 Å². The van der Waals surface area contributed by atoms with Crippen LogP contribution in [0.5, 0.6) is 0 Å². The molecule has 12 heavy (non-hydrogen) atoms. The van der Waals surface area contributed by atoms with Crippen molar-refractivity contribution in [1.82, 2.24) is 0 Å². The quantitative estimate of drug-likeness (QED) is 0.602. The van der Waals surface area contributed by atoms with Crippen LogP contribution in [0.2, 0.25) is 0 Å². The van der Waals surface area contributed by atoms with Gasteiger partial charge in [-0.15, -0.1) is 0 Å². The van der Waals surface area contributed by atoms with Crippen molar-refractivity contribution >= 4 is 32.2 Å². The lowest BCUT2D eigenvalue weighted by Crippen LogP contribution is -1.84. The van der Waals surface area contributed by atoms with Gasteiger partial charge in [-0.1, -0.05) is 24.6 Å². The molecular formula is C8H11BrClNO. The van der Waals surface area contributed by atoms with E-state index < -0.39 is 0 Å². The van der Waals surface area contributed by atoms with E-state index in [1.807, 2.05) is 13.0 Å². The zero-order valence-corrected chi connectivity index (χ0v) is 9.35. The van der Waals surface area contributed by atoms with Gasteiger partial charge in [0.2, 0.25) is 0 Å². The fourth-order valence-electron chi connectivity index (χ4n) is 0.475. The van der Waals surface area contributed by atoms with E-state index in [1.165, 1.54) is 6.20 Å². The maximum Gasteiger partial charge on any atom is 0.124 e. The molecule has 0 aromatic carbocycles. The van der Waals surface area contributed by atoms with Crippen LogP contribution in [0.15, 0.2) is 28.1 Å². The Bertz CT molecular complexity index is 229. The number of hydrogen-bond acceptors (Lipinski definition) is 2. The highest BCUT2D eigenvalue weighted by atomic mass is 79.9. The van der Waals surface area contributed by atoms with Crippen LogP contribution in [0.1, 0.15) is 20.3 Å². The maximum atomic E-state index is 8.78. The molecule has 0 unspecified atom stereocenters. The molecule has 0 saturated carbocycles. The fourth-order valence-corrected chi connectivity index (χ4v) is 0.943. The summed E-state index contributed by atoms with van der Waals surface area (Å²) >= 11 is 8.95. The molecule has 2 nitrogen and oxygen atoms in total. The highest BCUT2D eigenvalue weighted by molar-refractivity contribution is 9.18. The Hall–Kier alpha value is -0.280. The number of aliphatic imine (C=N–C) groups is 1. The monoisotopic (exact) mass is 251 g/mol. The van der Waals surface area contributed by atoms with Crippen LogP contribution in [-0.2, 0) is 0 Å². The van der Waals surface area contributed by atoms with E-state index >= 15 is 0 Å². The summed E-state index contributed by atoms with van der Waals surface area (Å²) in [6.07, 6.45) is 4.01. The maximum absolute atomic E-state index is 8.78. The Morgan fingerprint density at radius 3 is 2.67 bits per heavy atom. The summed E-state index contributed by atoms with van der Waals surface area (Å²) in [5.41, 5.74) is 0. The van der Waals surface area contributed by atoms with Crippen LogP contribution in [0, 0.1) is 0 Å². The Balaban J connectivity index is 4.38. The molecule has 0 aromatic rings. The van der Waals surface area contributed by atoms with Crippen molar-refractivity contribution in [2.24, 2.45) is 4.99 Å². The molecule has 0 aliphatic heterocycles. The Morgan fingerprint density at radius 1 is 1.67 bits per heavy atom. The van der Waals surface area contributed by atoms with Gasteiger partial charge in [0.15, 0.2) is 0 Å². The van der Waals surface area contributed by atoms with Gasteiger partial charge < -0.3 is 5.11 Å². The topological polar surface area (TPSA) is 32.6 Å². The lowest BCUT2D eigenvalue weighted by Gasteiger charge is -1.92. The molecule has 1 N–H and O–H groups in total. The lowest BCUT2D eigenvalue weighted by atomic mass is 10.4. The van der Waals surface area contributed by atoms with E-state index in [9.17, 15) is 0 Å². The van der Waals surface area contributed by atoms with E-state index in [0.29, 0.717) is 9.65 Å². The predicted molar refractivity (Wildman–Crippen MR) is 57.0 cm³/mol. The third kappa shape index (κ3) is 5.38. The molecule has 0 radical (unpaired) electrons. The third-order valence-electron chi connectivity index (χ3n) is 0.945. The van der Waals surface area contributed by atoms with Gasteiger partial charge in [-0.05, 0) is 29.3 Å². The molecular weight excluding hydrogens is 241 g/mol. The molecule has 0 rings (SSSR count). The molecule has 0 saturated heterocycles. The summed E-state index contributed by atoms with van der Waals surface area (Å²) in [6, 6.07) is 0. The van der Waals surface area contributed by atoms with Crippen molar-refractivity contribution in [2.45, 2.75) is 20.3 Å². The van der Waals surface area contributed by atoms with Gasteiger partial charge in [-0.25, -0.2) is 4.99 Å². The van der Waals surface area contributed by atoms with Gasteiger partial charge in [0.05, 0.1) is 11.2 Å². The second kappa shape index (κ2) is 6.26. The van der Waals surface area contributed by atoms with Gasteiger partial charge in [0, 0.05) is 0 Å². The summed E-state index contributed by atoms with van der Waals surface area (Å²) < 4.78 is 0.527. The second-order valence-corrected chi connectivity index (χ2v) is 3.31. The first-order valence-corrected chi connectivity index (χ1v) is 4.70. The lowest BCUT2D eigenvalue weighted by molar-refractivity contribution is 0.412. The van der Waals surface area contributed by atoms with Crippen molar-refractivity contribution in [3.63, 3.8) is 0 Å². The van der Waals surface area contributed by atoms with E-state index in [4.69, 9.17) is 16.7 Å². The normalized spacial score (nSPS) is 15.2. The van der Waals surface area contributed by atoms with Crippen LogP contribution in [-0.4, -0.2) is 9.73 Å². The Morgan fingerprint density at radius 2 is 2.25 bits per heavy atom. The first kappa shape index (κ1) is 11.7. The first-order chi connectivity index (χ1) is 5.57. The number of hydrogen-bond donors (Lipinski definition) is 1. The minimum absolute atomic E-state index is 0.146. The smallest absolute Gasteiger partial charge is 0.124 e. The highest BCUT2D eigenvalue weighted by Crippen LogP contribution is 2.11. The fraction of sp³-hybridized carbons (Fsp3) is 0.375. The third-order valence-corrected chi connectivity index (χ3v) is 2.14. The van der Waals surface area contributed by atoms with E-state index in [-0.39, 0.29) is 5.76 Å². The van der Waals surface area contributed by atoms with Gasteiger partial charge in [0.25, 0.3) is 0 Å². The van der Waals surface area contributed by atoms with Crippen LogP contribution < -0.4 is 0 Å². The molecule has 68 valence electrons. The summed E-state index contributed by atoms with van der Waals surface area (Å²) in [5, 5.41) is 9.33. The predicted octanol–water partition coefficient (Wildman–Crippen LogP) is 3.73. The van der Waals surface area contributed by atoms with Gasteiger partial charge in [-0.3, -0.25) is 0 Å². The largest absolute Gasteiger partial charge is 0.511 e. The number of nitrogens with zero attached hydrogens (tertiary/aromatic N) is 1. The Labute approximate surface area is 85.8 Å². The number of rotatable bonds is 3. The molecule has 0 fully saturated rings. The molecule has 4 heteroatoms. The molecule has 0 atom stereocenters. The molecule has 0 aliphatic rings. The van der Waals surface area contributed by atoms with Crippen molar-refractivity contribution < 1.29 is 5.11 Å². The molecule has 0 heterocycles. The second-order valence-electron chi connectivity index (χ2n) is 2.15. The zero-order chi connectivity index (χ0) is 9.56. The number of halogens is 2. The van der Waals surface area contributed by atoms with Crippen LogP contribution in [0.3, 0.4) is 0 Å². The zero-order valence-electron chi connectivity index (χ0n) is 7.01. The highest BCUT2D eigenvalue weighted by Gasteiger charge is 1.96. The number of aliphatic hydroxyl groups excluding tert-OH is 1. The Kier molecular flexibility index (Phi) is 6.11. The van der Waals surface area contributed by atoms with Gasteiger partial charge in [-0.2, -0.15) is 0 Å². The minimum atomic E-state index is 0.146. The average molecular weight is 253 g/mol. The molecule has 0 bridgehead atoms. The van der Waals surface area contributed by atoms with E-state index in [1.54, 1.807) is 6.92 Å². The van der Waals surface area contributed by atoms with Gasteiger partial charge >= 0.3 is 0 Å². The molecule has 0 aliphatic carbocycles. The molecule has 0 spiro atoms. The minimum Gasteiger partial charge on any atom is -0.511 e.